The molecule has 1 aliphatic carbocycles. The number of hydrogen-bond donors (Lipinski definition) is 0. The third kappa shape index (κ3) is 1.84. The fraction of sp³-hybridized carbons (Fsp3) is 0.250. The first-order chi connectivity index (χ1) is 6.75. The number of aromatic nitrogens is 1. The van der Waals surface area contributed by atoms with Gasteiger partial charge in [0.05, 0.1) is 0 Å². The van der Waals surface area contributed by atoms with Crippen LogP contribution in [0.1, 0.15) is 24.8 Å². The molecule has 0 spiro atoms. The first kappa shape index (κ1) is 9.00. The van der Waals surface area contributed by atoms with Crippen LogP contribution in [0.15, 0.2) is 40.5 Å². The van der Waals surface area contributed by atoms with Crippen LogP contribution in [0.2, 0.25) is 0 Å². The van der Waals surface area contributed by atoms with Crippen LogP contribution in [-0.4, -0.2) is 5.16 Å². The molecule has 0 unspecified atom stereocenters. The van der Waals surface area contributed by atoms with Crippen LogP contribution in [0.3, 0.4) is 0 Å². The predicted octanol–water partition coefficient (Wildman–Crippen LogP) is 3.27. The summed E-state index contributed by atoms with van der Waals surface area (Å²) in [6.45, 7) is 4.03. The van der Waals surface area contributed by atoms with Crippen molar-refractivity contribution in [2.75, 3.05) is 0 Å². The number of allylic oxidation sites excluding steroid dienone is 6. The molecule has 0 aliphatic heterocycles. The lowest BCUT2D eigenvalue weighted by Gasteiger charge is -1.94. The normalized spacial score (nSPS) is 16.1. The zero-order valence-corrected chi connectivity index (χ0v) is 8.45. The smallest absolute Gasteiger partial charge is 0.134 e. The van der Waals surface area contributed by atoms with Gasteiger partial charge in [-0.2, -0.15) is 0 Å². The highest BCUT2D eigenvalue weighted by atomic mass is 16.5. The van der Waals surface area contributed by atoms with E-state index in [1.165, 1.54) is 5.57 Å². The first-order valence-corrected chi connectivity index (χ1v) is 4.73. The van der Waals surface area contributed by atoms with Gasteiger partial charge in [0, 0.05) is 6.07 Å². The maximum Gasteiger partial charge on any atom is 0.134 e. The standard InChI is InChI=1S/C12H13NO/c1-9-4-3-5-11(7-6-9)12-8-10(2)14-13-12/h3-5,7-8H,6H2,1-2H3. The molecule has 0 N–H and O–H groups in total. The van der Waals surface area contributed by atoms with Crippen molar-refractivity contribution in [1.29, 1.82) is 0 Å². The molecule has 1 heterocycles. The van der Waals surface area contributed by atoms with Gasteiger partial charge in [-0.05, 0) is 25.8 Å². The Bertz CT molecular complexity index is 421. The molecule has 2 nitrogen and oxygen atoms in total. The molecule has 0 amide bonds. The molecular weight excluding hydrogens is 174 g/mol. The molecule has 72 valence electrons. The topological polar surface area (TPSA) is 26.0 Å². The predicted molar refractivity (Wildman–Crippen MR) is 56.7 cm³/mol. The second kappa shape index (κ2) is 3.66. The zero-order valence-electron chi connectivity index (χ0n) is 8.45. The fourth-order valence-electron chi connectivity index (χ4n) is 1.42. The Balaban J connectivity index is 2.29. The maximum atomic E-state index is 5.04. The first-order valence-electron chi connectivity index (χ1n) is 4.73. The molecule has 2 heteroatoms. The van der Waals surface area contributed by atoms with Crippen LogP contribution in [-0.2, 0) is 0 Å². The van der Waals surface area contributed by atoms with Gasteiger partial charge in [-0.25, -0.2) is 0 Å². The summed E-state index contributed by atoms with van der Waals surface area (Å²) in [6, 6.07) is 1.96. The van der Waals surface area contributed by atoms with E-state index < -0.39 is 0 Å². The van der Waals surface area contributed by atoms with Gasteiger partial charge in [-0.3, -0.25) is 0 Å². The van der Waals surface area contributed by atoms with Crippen molar-refractivity contribution in [3.05, 3.63) is 47.4 Å². The molecule has 0 aromatic carbocycles. The van der Waals surface area contributed by atoms with Crippen molar-refractivity contribution in [3.8, 4) is 0 Å². The van der Waals surface area contributed by atoms with Crippen LogP contribution >= 0.6 is 0 Å². The average molecular weight is 187 g/mol. The molecule has 0 bridgehead atoms. The summed E-state index contributed by atoms with van der Waals surface area (Å²) in [4.78, 5) is 0. The van der Waals surface area contributed by atoms with E-state index in [0.29, 0.717) is 0 Å². The van der Waals surface area contributed by atoms with Gasteiger partial charge >= 0.3 is 0 Å². The summed E-state index contributed by atoms with van der Waals surface area (Å²) < 4.78 is 5.04. The molecule has 0 fully saturated rings. The highest BCUT2D eigenvalue weighted by Gasteiger charge is 2.05. The van der Waals surface area contributed by atoms with E-state index in [-0.39, 0.29) is 0 Å². The molecule has 14 heavy (non-hydrogen) atoms. The highest BCUT2D eigenvalue weighted by molar-refractivity contribution is 5.72. The van der Waals surface area contributed by atoms with Crippen LogP contribution < -0.4 is 0 Å². The van der Waals surface area contributed by atoms with E-state index >= 15 is 0 Å². The average Bonchev–Trinajstić information content (AvgIpc) is 2.46. The number of nitrogens with zero attached hydrogens (tertiary/aromatic N) is 1. The van der Waals surface area contributed by atoms with Crippen molar-refractivity contribution in [2.45, 2.75) is 20.3 Å². The Hall–Kier alpha value is -1.57. The minimum atomic E-state index is 0.850. The van der Waals surface area contributed by atoms with Gasteiger partial charge < -0.3 is 4.52 Å². The van der Waals surface area contributed by atoms with Gasteiger partial charge in [-0.15, -0.1) is 0 Å². The van der Waals surface area contributed by atoms with E-state index in [0.717, 1.165) is 23.4 Å². The van der Waals surface area contributed by atoms with Crippen LogP contribution in [0.25, 0.3) is 5.57 Å². The van der Waals surface area contributed by atoms with Gasteiger partial charge in [0.2, 0.25) is 0 Å². The molecule has 0 saturated heterocycles. The van der Waals surface area contributed by atoms with Crippen molar-refractivity contribution in [3.63, 3.8) is 0 Å². The second-order valence-electron chi connectivity index (χ2n) is 3.56. The van der Waals surface area contributed by atoms with E-state index in [4.69, 9.17) is 4.52 Å². The Kier molecular flexibility index (Phi) is 2.35. The lowest BCUT2D eigenvalue weighted by Crippen LogP contribution is -1.79. The molecule has 0 saturated carbocycles. The van der Waals surface area contributed by atoms with E-state index in [1.807, 2.05) is 13.0 Å². The highest BCUT2D eigenvalue weighted by Crippen LogP contribution is 2.20. The maximum absolute atomic E-state index is 5.04. The molecule has 0 atom stereocenters. The summed E-state index contributed by atoms with van der Waals surface area (Å²) in [5.41, 5.74) is 3.41. The van der Waals surface area contributed by atoms with Crippen molar-refractivity contribution in [1.82, 2.24) is 5.16 Å². The lowest BCUT2D eigenvalue weighted by molar-refractivity contribution is 0.396. The lowest BCUT2D eigenvalue weighted by atomic mass is 10.1. The third-order valence-corrected chi connectivity index (χ3v) is 2.22. The molecule has 1 aromatic rings. The van der Waals surface area contributed by atoms with Gasteiger partial charge in [0.15, 0.2) is 0 Å². The van der Waals surface area contributed by atoms with Gasteiger partial charge in [0.1, 0.15) is 11.5 Å². The monoisotopic (exact) mass is 187 g/mol. The number of aryl methyl sites for hydroxylation is 1. The van der Waals surface area contributed by atoms with Gasteiger partial charge in [-0.1, -0.05) is 35.0 Å². The summed E-state index contributed by atoms with van der Waals surface area (Å²) in [6.07, 6.45) is 9.39. The molecular formula is C12H13NO. The van der Waals surface area contributed by atoms with Crippen LogP contribution in [0.5, 0.6) is 0 Å². The van der Waals surface area contributed by atoms with Crippen LogP contribution in [0.4, 0.5) is 0 Å². The summed E-state index contributed by atoms with van der Waals surface area (Å²) in [7, 11) is 0. The summed E-state index contributed by atoms with van der Waals surface area (Å²) in [5, 5.41) is 3.99. The fourth-order valence-corrected chi connectivity index (χ4v) is 1.42. The molecule has 1 aliphatic rings. The zero-order chi connectivity index (χ0) is 9.97. The number of rotatable bonds is 1. The Labute approximate surface area is 83.6 Å². The van der Waals surface area contributed by atoms with Crippen molar-refractivity contribution < 1.29 is 4.52 Å². The van der Waals surface area contributed by atoms with Crippen LogP contribution in [0, 0.1) is 6.92 Å². The van der Waals surface area contributed by atoms with E-state index in [1.54, 1.807) is 0 Å². The second-order valence-corrected chi connectivity index (χ2v) is 3.56. The number of hydrogen-bond acceptors (Lipinski definition) is 2. The SMILES string of the molecule is CC1=CC=CC(c2cc(C)on2)=CC1. The van der Waals surface area contributed by atoms with E-state index in [9.17, 15) is 0 Å². The third-order valence-electron chi connectivity index (χ3n) is 2.22. The largest absolute Gasteiger partial charge is 0.361 e. The molecule has 1 aromatic heterocycles. The Morgan fingerprint density at radius 2 is 2.21 bits per heavy atom. The Morgan fingerprint density at radius 1 is 1.36 bits per heavy atom. The van der Waals surface area contributed by atoms with Gasteiger partial charge in [0.25, 0.3) is 0 Å². The molecule has 0 radical (unpaired) electrons. The minimum Gasteiger partial charge on any atom is -0.361 e. The summed E-state index contributed by atoms with van der Waals surface area (Å²) in [5.74, 6) is 0.850. The minimum absolute atomic E-state index is 0.850. The van der Waals surface area contributed by atoms with Crippen molar-refractivity contribution in [2.24, 2.45) is 0 Å². The Morgan fingerprint density at radius 3 is 2.93 bits per heavy atom. The molecule has 2 rings (SSSR count). The summed E-state index contributed by atoms with van der Waals surface area (Å²) >= 11 is 0. The van der Waals surface area contributed by atoms with Crippen molar-refractivity contribution >= 4 is 5.57 Å². The van der Waals surface area contributed by atoms with E-state index in [2.05, 4.69) is 36.4 Å². The quantitative estimate of drug-likeness (QED) is 0.674.